The lowest BCUT2D eigenvalue weighted by Crippen LogP contribution is -2.38. The Morgan fingerprint density at radius 2 is 1.88 bits per heavy atom. The predicted molar refractivity (Wildman–Crippen MR) is 149 cm³/mol. The Morgan fingerprint density at radius 1 is 1.05 bits per heavy atom. The van der Waals surface area contributed by atoms with E-state index in [0.29, 0.717) is 53.9 Å². The van der Waals surface area contributed by atoms with Gasteiger partial charge >= 0.3 is 0 Å². The Balaban J connectivity index is 1.22. The van der Waals surface area contributed by atoms with Gasteiger partial charge in [-0.15, -0.1) is 11.3 Å². The van der Waals surface area contributed by atoms with E-state index in [9.17, 15) is 9.59 Å². The van der Waals surface area contributed by atoms with Crippen molar-refractivity contribution in [3.8, 4) is 11.1 Å². The van der Waals surface area contributed by atoms with E-state index in [0.717, 1.165) is 25.1 Å². The largest absolute Gasteiger partial charge is 0.378 e. The molecule has 4 aromatic rings. The number of amides is 2. The lowest BCUT2D eigenvalue weighted by atomic mass is 9.99. The maximum atomic E-state index is 15.6. The van der Waals surface area contributed by atoms with Gasteiger partial charge < -0.3 is 19.1 Å². The Bertz CT molecular complexity index is 1650. The first kappa shape index (κ1) is 25.8. The van der Waals surface area contributed by atoms with E-state index in [1.54, 1.807) is 36.1 Å². The SMILES string of the molecule is O=C(Nc1nccs1)C(c1ncn2c1CCC2)N1Cc2c(F)cc(-c3ccc(N4CCOCC4)c(F)c3)cc2C1=O. The van der Waals surface area contributed by atoms with Crippen LogP contribution in [0.1, 0.15) is 39.8 Å². The van der Waals surface area contributed by atoms with E-state index < -0.39 is 29.5 Å². The second-order valence-corrected chi connectivity index (χ2v) is 11.2. The highest BCUT2D eigenvalue weighted by Gasteiger charge is 2.42. The lowest BCUT2D eigenvalue weighted by molar-refractivity contribution is -0.121. The third-order valence-electron chi connectivity index (χ3n) is 7.92. The zero-order valence-electron chi connectivity index (χ0n) is 22.0. The van der Waals surface area contributed by atoms with Crippen LogP contribution in [0, 0.1) is 11.6 Å². The predicted octanol–water partition coefficient (Wildman–Crippen LogP) is 4.40. The minimum Gasteiger partial charge on any atom is -0.378 e. The molecule has 7 rings (SSSR count). The fourth-order valence-electron chi connectivity index (χ4n) is 5.91. The summed E-state index contributed by atoms with van der Waals surface area (Å²) in [5.74, 6) is -1.95. The molecule has 210 valence electrons. The minimum atomic E-state index is -1.07. The van der Waals surface area contributed by atoms with Crippen LogP contribution < -0.4 is 10.2 Å². The van der Waals surface area contributed by atoms with E-state index in [1.807, 2.05) is 9.47 Å². The number of fused-ring (bicyclic) bond motifs is 2. The summed E-state index contributed by atoms with van der Waals surface area (Å²) in [4.78, 5) is 39.4. The third kappa shape index (κ3) is 4.56. The van der Waals surface area contributed by atoms with Crippen molar-refractivity contribution in [1.29, 1.82) is 0 Å². The molecule has 1 N–H and O–H groups in total. The van der Waals surface area contributed by atoms with Crippen molar-refractivity contribution in [3.63, 3.8) is 0 Å². The van der Waals surface area contributed by atoms with Gasteiger partial charge in [0.2, 0.25) is 0 Å². The number of morpholine rings is 1. The molecule has 41 heavy (non-hydrogen) atoms. The van der Waals surface area contributed by atoms with Crippen molar-refractivity contribution >= 4 is 34.0 Å². The summed E-state index contributed by atoms with van der Waals surface area (Å²) in [6.07, 6.45) is 4.91. The summed E-state index contributed by atoms with van der Waals surface area (Å²) in [5.41, 5.74) is 3.03. The van der Waals surface area contributed by atoms with Crippen LogP contribution in [-0.2, 0) is 29.0 Å². The highest BCUT2D eigenvalue weighted by molar-refractivity contribution is 7.13. The van der Waals surface area contributed by atoms with Gasteiger partial charge in [-0.1, -0.05) is 6.07 Å². The van der Waals surface area contributed by atoms with Crippen molar-refractivity contribution < 1.29 is 23.1 Å². The van der Waals surface area contributed by atoms with Gasteiger partial charge in [0.1, 0.15) is 11.6 Å². The van der Waals surface area contributed by atoms with Gasteiger partial charge in [0.15, 0.2) is 11.2 Å². The first-order valence-electron chi connectivity index (χ1n) is 13.5. The molecule has 3 aliphatic rings. The molecule has 5 heterocycles. The monoisotopic (exact) mass is 576 g/mol. The number of benzene rings is 2. The van der Waals surface area contributed by atoms with Gasteiger partial charge in [0.25, 0.3) is 11.8 Å². The number of aryl methyl sites for hydroxylation is 1. The average Bonchev–Trinajstić information content (AvgIpc) is 3.77. The zero-order chi connectivity index (χ0) is 28.1. The Labute approximate surface area is 238 Å². The van der Waals surface area contributed by atoms with Crippen molar-refractivity contribution in [2.45, 2.75) is 32.0 Å². The summed E-state index contributed by atoms with van der Waals surface area (Å²) >= 11 is 1.26. The molecule has 1 atom stereocenters. The van der Waals surface area contributed by atoms with Crippen LogP contribution in [0.5, 0.6) is 0 Å². The molecule has 9 nitrogen and oxygen atoms in total. The summed E-state index contributed by atoms with van der Waals surface area (Å²) in [7, 11) is 0. The maximum absolute atomic E-state index is 15.6. The molecule has 1 fully saturated rings. The number of carbonyl (C=O) groups excluding carboxylic acids is 2. The lowest BCUT2D eigenvalue weighted by Gasteiger charge is -2.29. The number of carbonyl (C=O) groups is 2. The number of rotatable bonds is 6. The molecule has 0 aliphatic carbocycles. The fraction of sp³-hybridized carbons (Fsp3) is 0.310. The number of nitrogens with zero attached hydrogens (tertiary/aromatic N) is 5. The van der Waals surface area contributed by atoms with Crippen LogP contribution in [0.25, 0.3) is 11.1 Å². The van der Waals surface area contributed by atoms with Crippen LogP contribution in [0.3, 0.4) is 0 Å². The number of thiazole rings is 1. The number of aromatic nitrogens is 3. The highest BCUT2D eigenvalue weighted by Crippen LogP contribution is 2.38. The molecule has 0 bridgehead atoms. The quantitative estimate of drug-likeness (QED) is 0.366. The van der Waals surface area contributed by atoms with Gasteiger partial charge in [-0.25, -0.2) is 18.7 Å². The van der Waals surface area contributed by atoms with Crippen LogP contribution >= 0.6 is 11.3 Å². The number of nitrogens with one attached hydrogen (secondary N) is 1. The molecule has 2 amide bonds. The van der Waals surface area contributed by atoms with Gasteiger partial charge in [-0.2, -0.15) is 0 Å². The molecular formula is C29H26F2N6O3S. The van der Waals surface area contributed by atoms with Gasteiger partial charge in [0.05, 0.1) is 37.5 Å². The summed E-state index contributed by atoms with van der Waals surface area (Å²) in [6.45, 7) is 2.93. The van der Waals surface area contributed by atoms with Crippen molar-refractivity contribution in [3.05, 3.63) is 82.4 Å². The molecule has 0 spiro atoms. The Hall–Kier alpha value is -4.16. The molecule has 0 radical (unpaired) electrons. The number of anilines is 2. The van der Waals surface area contributed by atoms with Crippen LogP contribution in [0.2, 0.25) is 0 Å². The summed E-state index contributed by atoms with van der Waals surface area (Å²) in [6, 6.07) is 6.59. The van der Waals surface area contributed by atoms with E-state index >= 15 is 8.78 Å². The van der Waals surface area contributed by atoms with Gasteiger partial charge in [0, 0.05) is 48.0 Å². The molecule has 3 aliphatic heterocycles. The molecule has 1 saturated heterocycles. The highest BCUT2D eigenvalue weighted by atomic mass is 32.1. The van der Waals surface area contributed by atoms with Crippen molar-refractivity contribution in [1.82, 2.24) is 19.4 Å². The molecule has 12 heteroatoms. The van der Waals surface area contributed by atoms with Crippen LogP contribution in [-0.4, -0.2) is 57.6 Å². The second-order valence-electron chi connectivity index (χ2n) is 10.3. The van der Waals surface area contributed by atoms with Crippen LogP contribution in [0.4, 0.5) is 19.6 Å². The number of ether oxygens (including phenoxy) is 1. The molecule has 2 aromatic heterocycles. The standard InChI is InChI=1S/C29H26F2N6O3S/c30-21-14-18(17-3-4-23(22(31)13-17)35-7-9-40-10-8-35)12-19-20(21)15-37(28(19)39)26(27(38)34-29-32-5-11-41-29)25-24-2-1-6-36(24)16-33-25/h3-5,11-14,16,26H,1-2,6-10,15H2,(H,32,34,38). The van der Waals surface area contributed by atoms with Gasteiger partial charge in [-0.05, 0) is 48.2 Å². The molecule has 1 unspecified atom stereocenters. The topological polar surface area (TPSA) is 92.6 Å². The summed E-state index contributed by atoms with van der Waals surface area (Å²) < 4.78 is 38.0. The van der Waals surface area contributed by atoms with E-state index in [4.69, 9.17) is 4.74 Å². The smallest absolute Gasteiger partial charge is 0.255 e. The third-order valence-corrected chi connectivity index (χ3v) is 8.61. The number of hydrogen-bond acceptors (Lipinski definition) is 7. The van der Waals surface area contributed by atoms with Crippen molar-refractivity contribution in [2.75, 3.05) is 36.5 Å². The average molecular weight is 577 g/mol. The summed E-state index contributed by atoms with van der Waals surface area (Å²) in [5, 5.41) is 4.93. The maximum Gasteiger partial charge on any atom is 0.255 e. The number of imidazole rings is 1. The molecular weight excluding hydrogens is 550 g/mol. The zero-order valence-corrected chi connectivity index (χ0v) is 22.8. The second kappa shape index (κ2) is 10.3. The van der Waals surface area contributed by atoms with Crippen LogP contribution in [0.15, 0.2) is 48.2 Å². The van der Waals surface area contributed by atoms with Gasteiger partial charge in [-0.3, -0.25) is 14.9 Å². The van der Waals surface area contributed by atoms with E-state index in [1.165, 1.54) is 28.4 Å². The molecule has 0 saturated carbocycles. The first-order chi connectivity index (χ1) is 20.0. The minimum absolute atomic E-state index is 0.0904. The normalized spacial score (nSPS) is 17.1. The number of hydrogen-bond donors (Lipinski definition) is 1. The number of halogens is 2. The van der Waals surface area contributed by atoms with E-state index in [-0.39, 0.29) is 17.7 Å². The Morgan fingerprint density at radius 3 is 2.66 bits per heavy atom. The fourth-order valence-corrected chi connectivity index (χ4v) is 6.44. The first-order valence-corrected chi connectivity index (χ1v) is 14.4. The Kier molecular flexibility index (Phi) is 6.51. The van der Waals surface area contributed by atoms with Crippen molar-refractivity contribution in [2.24, 2.45) is 0 Å². The molecule has 2 aromatic carbocycles. The van der Waals surface area contributed by atoms with E-state index in [2.05, 4.69) is 15.3 Å².